The molecule has 0 bridgehead atoms. The monoisotopic (exact) mass is 732 g/mol. The van der Waals surface area contributed by atoms with Crippen LogP contribution in [0.4, 0.5) is 5.69 Å². The molecule has 56 heavy (non-hydrogen) atoms. The van der Waals surface area contributed by atoms with Crippen LogP contribution in [0.1, 0.15) is 13.7 Å². The fraction of sp³-hybridized carbons (Fsp3) is 0.0392. The number of hydrogen-bond acceptors (Lipinski definition) is 2. The van der Waals surface area contributed by atoms with Crippen molar-refractivity contribution in [1.82, 2.24) is 9.13 Å². The maximum atomic E-state index is 8.99. The lowest BCUT2D eigenvalue weighted by atomic mass is 9.95. The summed E-state index contributed by atoms with van der Waals surface area (Å²) in [5, 5.41) is 2.11. The molecule has 2 aromatic heterocycles. The zero-order valence-corrected chi connectivity index (χ0v) is 30.4. The zero-order chi connectivity index (χ0) is 46.3. The average molecular weight is 733 g/mol. The van der Waals surface area contributed by atoms with Crippen molar-refractivity contribution in [2.45, 2.75) is 0 Å². The number of rotatable bonds is 8. The Bertz CT molecular complexity index is 3480. The summed E-state index contributed by atoms with van der Waals surface area (Å²) in [7, 11) is 4.06. The number of hydrogen-bond donors (Lipinski definition) is 0. The Labute approximate surface area is 340 Å². The molecular weight excluding hydrogens is 685 g/mol. The van der Waals surface area contributed by atoms with Crippen LogP contribution < -0.4 is 14.2 Å². The van der Waals surface area contributed by atoms with E-state index in [4.69, 9.17) is 18.4 Å². The number of imidazole rings is 1. The second-order valence-electron chi connectivity index (χ2n) is 13.5. The Morgan fingerprint density at radius 3 is 1.93 bits per heavy atom. The fourth-order valence-electron chi connectivity index (χ4n) is 7.52. The molecule has 0 saturated carbocycles. The summed E-state index contributed by atoms with van der Waals surface area (Å²) in [5.41, 5.74) is 6.33. The highest BCUT2D eigenvalue weighted by Crippen LogP contribution is 2.40. The van der Waals surface area contributed by atoms with Crippen molar-refractivity contribution in [2.75, 3.05) is 19.0 Å². The van der Waals surface area contributed by atoms with E-state index in [-0.39, 0.29) is 27.9 Å². The molecule has 2 heterocycles. The van der Waals surface area contributed by atoms with E-state index in [0.29, 0.717) is 28.2 Å². The number of fused-ring (bicyclic) bond motifs is 4. The zero-order valence-electron chi connectivity index (χ0n) is 40.4. The van der Waals surface area contributed by atoms with Crippen LogP contribution in [-0.4, -0.2) is 23.2 Å². The summed E-state index contributed by atoms with van der Waals surface area (Å²) in [5.74, 6) is 1.15. The lowest BCUT2D eigenvalue weighted by Crippen LogP contribution is -2.31. The van der Waals surface area contributed by atoms with Gasteiger partial charge in [0.15, 0.2) is 0 Å². The smallest absolute Gasteiger partial charge is 0.269 e. The van der Waals surface area contributed by atoms with Crippen LogP contribution in [0.15, 0.2) is 194 Å². The molecule has 0 spiro atoms. The molecular formula is C51H38N4O. The Balaban J connectivity index is 1.16. The highest BCUT2D eigenvalue weighted by molar-refractivity contribution is 6.15. The van der Waals surface area contributed by atoms with Gasteiger partial charge in [0.25, 0.3) is 6.33 Å². The van der Waals surface area contributed by atoms with E-state index in [1.807, 2.05) is 86.9 Å². The quantitative estimate of drug-likeness (QED) is 0.115. The standard InChI is InChI=1S/C51H38N4O/c1-52(2)48-29-16-30-49-50(48)44-34-41(31-32-45(44)55(49)38-21-10-5-11-22-38)56-40-24-14-23-39(33-40)53-35-54(47-28-13-12-27-46(47)53)51-42(36-17-6-3-7-18-36)25-15-26-43(51)37-19-8-4-9-20-37/h3-34H,1-2H3/i3D,4D,6D,7D,8D,9D,17D,18D,19D,20D. The molecule has 0 saturated heterocycles. The normalized spacial score (nSPS) is 13.9. The van der Waals surface area contributed by atoms with E-state index in [9.17, 15) is 0 Å². The number of benzene rings is 8. The van der Waals surface area contributed by atoms with Gasteiger partial charge in [-0.3, -0.25) is 9.13 Å². The second-order valence-corrected chi connectivity index (χ2v) is 13.5. The van der Waals surface area contributed by atoms with Gasteiger partial charge in [0.05, 0.1) is 47.1 Å². The molecule has 0 aliphatic heterocycles. The number of aromatic nitrogens is 3. The molecule has 0 aliphatic rings. The number of anilines is 1. The van der Waals surface area contributed by atoms with Gasteiger partial charge in [-0.05, 0) is 82.9 Å². The maximum absolute atomic E-state index is 8.99. The van der Waals surface area contributed by atoms with E-state index in [2.05, 4.69) is 58.3 Å². The van der Waals surface area contributed by atoms with Crippen molar-refractivity contribution in [1.29, 1.82) is 0 Å². The molecule has 0 amide bonds. The molecule has 5 nitrogen and oxygen atoms in total. The van der Waals surface area contributed by atoms with Crippen molar-refractivity contribution in [3.63, 3.8) is 0 Å². The molecule has 0 aliphatic carbocycles. The van der Waals surface area contributed by atoms with Gasteiger partial charge in [0.1, 0.15) is 11.5 Å². The first-order valence-electron chi connectivity index (χ1n) is 23.1. The Kier molecular flexibility index (Phi) is 5.94. The third-order valence-electron chi connectivity index (χ3n) is 9.91. The fourth-order valence-corrected chi connectivity index (χ4v) is 7.52. The van der Waals surface area contributed by atoms with Crippen LogP contribution in [0.5, 0.6) is 11.5 Å². The predicted molar refractivity (Wildman–Crippen MR) is 230 cm³/mol. The first-order chi connectivity index (χ1) is 31.8. The van der Waals surface area contributed by atoms with Crippen LogP contribution in [0.25, 0.3) is 72.2 Å². The van der Waals surface area contributed by atoms with Gasteiger partial charge in [-0.1, -0.05) is 133 Å². The Hall–Kier alpha value is -7.37. The van der Waals surface area contributed by atoms with Gasteiger partial charge < -0.3 is 14.2 Å². The number of ether oxygens (including phenoxy) is 1. The molecule has 10 aromatic rings. The van der Waals surface area contributed by atoms with E-state index in [0.717, 1.165) is 33.2 Å². The minimum Gasteiger partial charge on any atom is -0.458 e. The molecule has 0 unspecified atom stereocenters. The van der Waals surface area contributed by atoms with Gasteiger partial charge >= 0.3 is 0 Å². The van der Waals surface area contributed by atoms with Gasteiger partial charge in [0, 0.05) is 36.2 Å². The first kappa shape index (κ1) is 24.1. The van der Waals surface area contributed by atoms with E-state index in [1.165, 1.54) is 0 Å². The summed E-state index contributed by atoms with van der Waals surface area (Å²) < 4.78 is 99.1. The number of nitrogens with zero attached hydrogens (tertiary/aromatic N) is 4. The Morgan fingerprint density at radius 1 is 0.571 bits per heavy atom. The highest BCUT2D eigenvalue weighted by Gasteiger charge is 2.20. The summed E-state index contributed by atoms with van der Waals surface area (Å²) in [6.07, 6.45) is 3.44. The third kappa shape index (κ3) is 5.69. The molecule has 0 atom stereocenters. The summed E-state index contributed by atoms with van der Waals surface area (Å²) in [4.78, 5) is 2.11. The van der Waals surface area contributed by atoms with Gasteiger partial charge in [-0.2, -0.15) is 0 Å². The number of para-hydroxylation sites is 4. The molecule has 0 fully saturated rings. The highest BCUT2D eigenvalue weighted by atomic mass is 16.5. The molecule has 8 aromatic carbocycles. The topological polar surface area (TPSA) is 26.2 Å². The van der Waals surface area contributed by atoms with Crippen LogP contribution >= 0.6 is 0 Å². The maximum Gasteiger partial charge on any atom is 0.269 e. The molecule has 10 rings (SSSR count). The van der Waals surface area contributed by atoms with Crippen molar-refractivity contribution in [2.24, 2.45) is 0 Å². The minimum absolute atomic E-state index is 0.125. The summed E-state index contributed by atoms with van der Waals surface area (Å²) in [6, 6.07) is 37.1. The largest absolute Gasteiger partial charge is 0.458 e. The van der Waals surface area contributed by atoms with Gasteiger partial charge in [0.2, 0.25) is 0 Å². The van der Waals surface area contributed by atoms with Crippen LogP contribution in [0.2, 0.25) is 0 Å². The van der Waals surface area contributed by atoms with Gasteiger partial charge in [-0.25, -0.2) is 0 Å². The minimum atomic E-state index is -0.563. The van der Waals surface area contributed by atoms with E-state index < -0.39 is 60.4 Å². The summed E-state index contributed by atoms with van der Waals surface area (Å²) >= 11 is 0. The average Bonchev–Trinajstić information content (AvgIpc) is 3.88. The lowest BCUT2D eigenvalue weighted by molar-refractivity contribution is -0.571. The van der Waals surface area contributed by atoms with E-state index >= 15 is 0 Å². The van der Waals surface area contributed by atoms with Crippen molar-refractivity contribution in [3.8, 4) is 50.8 Å². The van der Waals surface area contributed by atoms with Crippen LogP contribution in [0.3, 0.4) is 0 Å². The molecule has 268 valence electrons. The Morgan fingerprint density at radius 2 is 1.20 bits per heavy atom. The third-order valence-corrected chi connectivity index (χ3v) is 9.91. The summed E-state index contributed by atoms with van der Waals surface area (Å²) in [6.45, 7) is 0. The van der Waals surface area contributed by atoms with E-state index in [1.54, 1.807) is 27.3 Å². The van der Waals surface area contributed by atoms with Crippen LogP contribution in [0, 0.1) is 6.33 Å². The predicted octanol–water partition coefficient (Wildman–Crippen LogP) is 12.0. The molecule has 5 heteroatoms. The van der Waals surface area contributed by atoms with Crippen LogP contribution in [-0.2, 0) is 0 Å². The van der Waals surface area contributed by atoms with Crippen molar-refractivity contribution < 1.29 is 23.0 Å². The lowest BCUT2D eigenvalue weighted by Gasteiger charge is -2.17. The molecule has 0 N–H and O–H groups in total. The van der Waals surface area contributed by atoms with Crippen molar-refractivity contribution in [3.05, 3.63) is 200 Å². The van der Waals surface area contributed by atoms with Crippen molar-refractivity contribution >= 4 is 38.5 Å². The first-order valence-corrected chi connectivity index (χ1v) is 18.1. The second kappa shape index (κ2) is 13.8. The SMILES string of the molecule is [2H]c1c([2H])c([2H])c(-c2cccc(-c3c([2H])c([2H])c([2H])c([2H])c3[2H])c2-[n+]2[c-]n(-c3cccc(Oc4ccc5c(c4)c4c(N(C)C)cccc4n5-c4ccccc4)c3)c3ccccc32)c([2H])c1[2H]. The molecule has 0 radical (unpaired) electrons. The van der Waals surface area contributed by atoms with Gasteiger partial charge in [-0.15, -0.1) is 0 Å².